The van der Waals surface area contributed by atoms with Gasteiger partial charge in [-0.2, -0.15) is 10.4 Å². The molecule has 0 amide bonds. The van der Waals surface area contributed by atoms with Gasteiger partial charge in [0.05, 0.1) is 17.3 Å². The minimum atomic E-state index is 0.617. The molecule has 0 bridgehead atoms. The van der Waals surface area contributed by atoms with E-state index >= 15 is 0 Å². The maximum Gasteiger partial charge on any atom is 0.0995 e. The van der Waals surface area contributed by atoms with Gasteiger partial charge in [-0.3, -0.25) is 0 Å². The molecule has 0 atom stereocenters. The Balaban J connectivity index is 1.77. The number of nitrogens with one attached hydrogen (secondary N) is 1. The summed E-state index contributed by atoms with van der Waals surface area (Å²) in [5.41, 5.74) is 3.69. The van der Waals surface area contributed by atoms with Gasteiger partial charge >= 0.3 is 0 Å². The molecule has 21 heavy (non-hydrogen) atoms. The molecule has 0 unspecified atom stereocenters. The molecule has 2 aromatic carbocycles. The highest BCUT2D eigenvalue weighted by Crippen LogP contribution is 2.16. The van der Waals surface area contributed by atoms with E-state index < -0.39 is 0 Å². The average Bonchev–Trinajstić information content (AvgIpc) is 3.08. The number of anilines is 1. The molecule has 4 heteroatoms. The molecule has 0 radical (unpaired) electrons. The van der Waals surface area contributed by atoms with Gasteiger partial charge < -0.3 is 5.32 Å². The van der Waals surface area contributed by atoms with Gasteiger partial charge in [-0.25, -0.2) is 4.68 Å². The number of hydrogen-bond acceptors (Lipinski definition) is 3. The molecule has 1 heterocycles. The SMILES string of the molecule is N#Cc1ccccc1CNc1cccc(-n2cccn2)c1. The van der Waals surface area contributed by atoms with E-state index in [1.165, 1.54) is 0 Å². The fourth-order valence-corrected chi connectivity index (χ4v) is 2.16. The highest BCUT2D eigenvalue weighted by Gasteiger charge is 2.02. The van der Waals surface area contributed by atoms with E-state index in [0.29, 0.717) is 12.1 Å². The maximum absolute atomic E-state index is 9.10. The first kappa shape index (κ1) is 12.9. The predicted octanol–water partition coefficient (Wildman–Crippen LogP) is 3.36. The molecule has 3 aromatic rings. The molecular weight excluding hydrogens is 260 g/mol. The van der Waals surface area contributed by atoms with Crippen molar-refractivity contribution in [3.8, 4) is 11.8 Å². The van der Waals surface area contributed by atoms with Gasteiger partial charge in [-0.05, 0) is 35.9 Å². The number of rotatable bonds is 4. The molecule has 0 saturated heterocycles. The summed E-state index contributed by atoms with van der Waals surface area (Å²) in [5.74, 6) is 0. The van der Waals surface area contributed by atoms with Crippen molar-refractivity contribution in [3.05, 3.63) is 78.1 Å². The van der Waals surface area contributed by atoms with Gasteiger partial charge in [0, 0.05) is 24.6 Å². The Labute approximate surface area is 123 Å². The molecule has 1 N–H and O–H groups in total. The lowest BCUT2D eigenvalue weighted by Gasteiger charge is -2.09. The number of hydrogen-bond donors (Lipinski definition) is 1. The van der Waals surface area contributed by atoms with Gasteiger partial charge in [0.2, 0.25) is 0 Å². The third-order valence-electron chi connectivity index (χ3n) is 3.24. The van der Waals surface area contributed by atoms with Gasteiger partial charge in [0.15, 0.2) is 0 Å². The zero-order chi connectivity index (χ0) is 14.5. The van der Waals surface area contributed by atoms with Crippen LogP contribution in [0.25, 0.3) is 5.69 Å². The van der Waals surface area contributed by atoms with Crippen LogP contribution >= 0.6 is 0 Å². The van der Waals surface area contributed by atoms with E-state index in [9.17, 15) is 0 Å². The number of benzene rings is 2. The van der Waals surface area contributed by atoms with Crippen LogP contribution in [0.15, 0.2) is 67.0 Å². The summed E-state index contributed by atoms with van der Waals surface area (Å²) < 4.78 is 1.81. The van der Waals surface area contributed by atoms with Crippen LogP contribution in [0, 0.1) is 11.3 Å². The van der Waals surface area contributed by atoms with Crippen molar-refractivity contribution in [2.45, 2.75) is 6.54 Å². The van der Waals surface area contributed by atoms with Crippen LogP contribution in [0.3, 0.4) is 0 Å². The van der Waals surface area contributed by atoms with Gasteiger partial charge in [-0.1, -0.05) is 24.3 Å². The number of nitrogens with zero attached hydrogens (tertiary/aromatic N) is 3. The second kappa shape index (κ2) is 5.93. The Bertz CT molecular complexity index is 769. The third-order valence-corrected chi connectivity index (χ3v) is 3.24. The molecule has 0 aliphatic rings. The van der Waals surface area contributed by atoms with Crippen molar-refractivity contribution < 1.29 is 0 Å². The van der Waals surface area contributed by atoms with Crippen LogP contribution in [0.5, 0.6) is 0 Å². The monoisotopic (exact) mass is 274 g/mol. The van der Waals surface area contributed by atoms with Crippen LogP contribution < -0.4 is 5.32 Å². The van der Waals surface area contributed by atoms with Crippen LogP contribution in [-0.4, -0.2) is 9.78 Å². The largest absolute Gasteiger partial charge is 0.381 e. The van der Waals surface area contributed by atoms with E-state index in [-0.39, 0.29) is 0 Å². The summed E-state index contributed by atoms with van der Waals surface area (Å²) >= 11 is 0. The Hall–Kier alpha value is -3.06. The van der Waals surface area contributed by atoms with Crippen molar-refractivity contribution in [2.75, 3.05) is 5.32 Å². The van der Waals surface area contributed by atoms with Crippen LogP contribution in [0.2, 0.25) is 0 Å². The summed E-state index contributed by atoms with van der Waals surface area (Å²) in [5, 5.41) is 16.7. The molecule has 1 aromatic heterocycles. The Kier molecular flexibility index (Phi) is 3.66. The van der Waals surface area contributed by atoms with Gasteiger partial charge in [-0.15, -0.1) is 0 Å². The molecule has 3 rings (SSSR count). The standard InChI is InChI=1S/C17H14N4/c18-12-14-5-1-2-6-15(14)13-19-16-7-3-8-17(11-16)21-10-4-9-20-21/h1-11,19H,13H2. The third kappa shape index (κ3) is 2.93. The van der Waals surface area contributed by atoms with Crippen molar-refractivity contribution in [2.24, 2.45) is 0 Å². The second-order valence-corrected chi connectivity index (χ2v) is 4.62. The van der Waals surface area contributed by atoms with E-state index in [1.807, 2.05) is 65.5 Å². The Morgan fingerprint density at radius 2 is 2.00 bits per heavy atom. The van der Waals surface area contributed by atoms with Crippen LogP contribution in [0.1, 0.15) is 11.1 Å². The molecule has 0 fully saturated rings. The number of nitriles is 1. The highest BCUT2D eigenvalue weighted by atomic mass is 15.3. The molecule has 4 nitrogen and oxygen atoms in total. The number of aromatic nitrogens is 2. The smallest absolute Gasteiger partial charge is 0.0995 e. The summed E-state index contributed by atoms with van der Waals surface area (Å²) in [7, 11) is 0. The van der Waals surface area contributed by atoms with Crippen molar-refractivity contribution in [1.29, 1.82) is 5.26 Å². The Morgan fingerprint density at radius 3 is 2.81 bits per heavy atom. The molecular formula is C17H14N4. The first-order valence-electron chi connectivity index (χ1n) is 6.69. The maximum atomic E-state index is 9.10. The first-order chi connectivity index (χ1) is 10.4. The van der Waals surface area contributed by atoms with E-state index in [2.05, 4.69) is 16.5 Å². The fourth-order valence-electron chi connectivity index (χ4n) is 2.16. The minimum absolute atomic E-state index is 0.617. The second-order valence-electron chi connectivity index (χ2n) is 4.62. The normalized spacial score (nSPS) is 10.0. The molecule has 0 aliphatic heterocycles. The summed E-state index contributed by atoms with van der Waals surface area (Å²) in [6.45, 7) is 0.617. The Morgan fingerprint density at radius 1 is 1.10 bits per heavy atom. The van der Waals surface area contributed by atoms with Crippen LogP contribution in [-0.2, 0) is 6.54 Å². The van der Waals surface area contributed by atoms with Crippen LogP contribution in [0.4, 0.5) is 5.69 Å². The lowest BCUT2D eigenvalue weighted by molar-refractivity contribution is 0.880. The lowest BCUT2D eigenvalue weighted by Crippen LogP contribution is -2.02. The molecule has 0 spiro atoms. The van der Waals surface area contributed by atoms with Crippen molar-refractivity contribution in [3.63, 3.8) is 0 Å². The van der Waals surface area contributed by atoms with Crippen molar-refractivity contribution >= 4 is 5.69 Å². The highest BCUT2D eigenvalue weighted by molar-refractivity contribution is 5.52. The average molecular weight is 274 g/mol. The summed E-state index contributed by atoms with van der Waals surface area (Å²) in [6.07, 6.45) is 3.66. The molecule has 102 valence electrons. The quantitative estimate of drug-likeness (QED) is 0.793. The topological polar surface area (TPSA) is 53.6 Å². The van der Waals surface area contributed by atoms with E-state index in [4.69, 9.17) is 5.26 Å². The van der Waals surface area contributed by atoms with Gasteiger partial charge in [0.1, 0.15) is 0 Å². The minimum Gasteiger partial charge on any atom is -0.381 e. The summed E-state index contributed by atoms with van der Waals surface area (Å²) in [4.78, 5) is 0. The zero-order valence-electron chi connectivity index (χ0n) is 11.4. The molecule has 0 saturated carbocycles. The first-order valence-corrected chi connectivity index (χ1v) is 6.69. The van der Waals surface area contributed by atoms with E-state index in [0.717, 1.165) is 16.9 Å². The van der Waals surface area contributed by atoms with E-state index in [1.54, 1.807) is 6.20 Å². The predicted molar refractivity (Wildman–Crippen MR) is 82.0 cm³/mol. The fraction of sp³-hybridized carbons (Fsp3) is 0.0588. The van der Waals surface area contributed by atoms with Crippen molar-refractivity contribution in [1.82, 2.24) is 9.78 Å². The summed E-state index contributed by atoms with van der Waals surface area (Å²) in [6, 6.07) is 19.7. The lowest BCUT2D eigenvalue weighted by atomic mass is 10.1. The van der Waals surface area contributed by atoms with Gasteiger partial charge in [0.25, 0.3) is 0 Å². The molecule has 0 aliphatic carbocycles. The zero-order valence-corrected chi connectivity index (χ0v) is 11.4.